The van der Waals surface area contributed by atoms with Crippen molar-refractivity contribution >= 4 is 11.6 Å². The van der Waals surface area contributed by atoms with Crippen LogP contribution in [0.2, 0.25) is 5.15 Å². The topological polar surface area (TPSA) is 56.6 Å². The maximum Gasteiger partial charge on any atom is 0.297 e. The summed E-state index contributed by atoms with van der Waals surface area (Å²) in [6.07, 6.45) is 1.40. The first-order chi connectivity index (χ1) is 9.52. The smallest absolute Gasteiger partial charge is 0.297 e. The highest BCUT2D eigenvalue weighted by molar-refractivity contribution is 6.30. The second-order valence-corrected chi connectivity index (χ2v) is 5.47. The molecule has 1 saturated heterocycles. The average molecular weight is 302 g/mol. The molecule has 0 aliphatic carbocycles. The van der Waals surface area contributed by atoms with Crippen LogP contribution in [0.3, 0.4) is 0 Å². The molecule has 0 N–H and O–H groups in total. The average Bonchev–Trinajstić information content (AvgIpc) is 2.43. The minimum atomic E-state index is -0.280. The number of nitrogens with zero attached hydrogens (tertiary/aromatic N) is 3. The third-order valence-corrected chi connectivity index (χ3v) is 3.73. The Labute approximate surface area is 123 Å². The molecular formula is C13H20ClN3O3. The first-order valence-electron chi connectivity index (χ1n) is 6.67. The summed E-state index contributed by atoms with van der Waals surface area (Å²) in [5.74, 6) is 0.0747. The molecule has 1 fully saturated rings. The van der Waals surface area contributed by atoms with Crippen LogP contribution in [-0.4, -0.2) is 53.4 Å². The maximum absolute atomic E-state index is 12.2. The van der Waals surface area contributed by atoms with Gasteiger partial charge >= 0.3 is 0 Å². The predicted octanol–water partition coefficient (Wildman–Crippen LogP) is 1.01. The zero-order valence-corrected chi connectivity index (χ0v) is 12.8. The molecule has 1 aromatic heterocycles. The maximum atomic E-state index is 12.2. The minimum absolute atomic E-state index is 0.0310. The van der Waals surface area contributed by atoms with Gasteiger partial charge in [0, 0.05) is 19.1 Å². The van der Waals surface area contributed by atoms with E-state index in [1.165, 1.54) is 18.0 Å². The van der Waals surface area contributed by atoms with E-state index in [-0.39, 0.29) is 22.6 Å². The van der Waals surface area contributed by atoms with Crippen molar-refractivity contribution in [2.75, 3.05) is 26.8 Å². The van der Waals surface area contributed by atoms with Gasteiger partial charge in [-0.3, -0.25) is 14.3 Å². The second kappa shape index (κ2) is 6.56. The molecule has 7 heteroatoms. The van der Waals surface area contributed by atoms with Gasteiger partial charge in [-0.1, -0.05) is 11.6 Å². The summed E-state index contributed by atoms with van der Waals surface area (Å²) in [6, 6.07) is 0.469. The van der Waals surface area contributed by atoms with Gasteiger partial charge in [-0.25, -0.2) is 4.98 Å². The van der Waals surface area contributed by atoms with Crippen LogP contribution in [-0.2, 0) is 11.3 Å². The molecule has 0 saturated carbocycles. The predicted molar refractivity (Wildman–Crippen MR) is 76.5 cm³/mol. The quantitative estimate of drug-likeness (QED) is 0.777. The van der Waals surface area contributed by atoms with Crippen molar-refractivity contribution in [3.05, 3.63) is 21.8 Å². The van der Waals surface area contributed by atoms with Crippen molar-refractivity contribution in [1.82, 2.24) is 14.5 Å². The zero-order chi connectivity index (χ0) is 14.7. The van der Waals surface area contributed by atoms with E-state index in [9.17, 15) is 4.79 Å². The number of ether oxygens (including phenoxy) is 2. The summed E-state index contributed by atoms with van der Waals surface area (Å²) in [5, 5.41) is 0.0853. The molecule has 0 aromatic carbocycles. The van der Waals surface area contributed by atoms with E-state index < -0.39 is 0 Å². The standard InChI is InChI=1S/C13H20ClN3O3/c1-9(2)16-4-5-20-10(6-16)7-17-8-15-12(14)11(19-3)13(17)18/h8-10H,4-7H2,1-3H3. The van der Waals surface area contributed by atoms with Crippen molar-refractivity contribution < 1.29 is 9.47 Å². The molecule has 2 heterocycles. The van der Waals surface area contributed by atoms with Gasteiger partial charge in [-0.05, 0) is 13.8 Å². The Bertz CT molecular complexity index is 518. The van der Waals surface area contributed by atoms with Gasteiger partial charge < -0.3 is 9.47 Å². The SMILES string of the molecule is COc1c(Cl)ncn(CC2CN(C(C)C)CCO2)c1=O. The Morgan fingerprint density at radius 3 is 3.00 bits per heavy atom. The molecule has 112 valence electrons. The Balaban J connectivity index is 2.12. The van der Waals surface area contributed by atoms with Gasteiger partial charge in [0.25, 0.3) is 5.56 Å². The van der Waals surface area contributed by atoms with Crippen LogP contribution in [0.25, 0.3) is 0 Å². The van der Waals surface area contributed by atoms with Crippen LogP contribution in [0, 0.1) is 0 Å². The molecule has 1 unspecified atom stereocenters. The van der Waals surface area contributed by atoms with Gasteiger partial charge in [0.1, 0.15) is 0 Å². The van der Waals surface area contributed by atoms with Crippen molar-refractivity contribution in [3.63, 3.8) is 0 Å². The Kier molecular flexibility index (Phi) is 5.01. The highest BCUT2D eigenvalue weighted by Gasteiger charge is 2.23. The molecule has 1 aromatic rings. The third kappa shape index (κ3) is 3.31. The second-order valence-electron chi connectivity index (χ2n) is 5.11. The largest absolute Gasteiger partial charge is 0.489 e. The fourth-order valence-corrected chi connectivity index (χ4v) is 2.49. The molecule has 2 rings (SSSR count). The van der Waals surface area contributed by atoms with Gasteiger partial charge in [0.15, 0.2) is 5.15 Å². The lowest BCUT2D eigenvalue weighted by atomic mass is 10.2. The number of hydrogen-bond donors (Lipinski definition) is 0. The molecule has 0 amide bonds. The summed E-state index contributed by atoms with van der Waals surface area (Å²) < 4.78 is 12.2. The fraction of sp³-hybridized carbons (Fsp3) is 0.692. The molecule has 1 aliphatic heterocycles. The van der Waals surface area contributed by atoms with E-state index in [4.69, 9.17) is 21.1 Å². The molecule has 0 radical (unpaired) electrons. The molecule has 0 bridgehead atoms. The first-order valence-corrected chi connectivity index (χ1v) is 7.05. The van der Waals surface area contributed by atoms with Gasteiger partial charge in [-0.2, -0.15) is 0 Å². The minimum Gasteiger partial charge on any atom is -0.489 e. The number of aromatic nitrogens is 2. The lowest BCUT2D eigenvalue weighted by molar-refractivity contribution is -0.0461. The zero-order valence-electron chi connectivity index (χ0n) is 12.0. The van der Waals surface area contributed by atoms with E-state index in [1.807, 2.05) is 0 Å². The molecule has 1 aliphatic rings. The molecule has 20 heavy (non-hydrogen) atoms. The first kappa shape index (κ1) is 15.3. The van der Waals surface area contributed by atoms with Gasteiger partial charge in [0.2, 0.25) is 5.75 Å². The van der Waals surface area contributed by atoms with E-state index in [0.717, 1.165) is 13.1 Å². The van der Waals surface area contributed by atoms with Crippen LogP contribution >= 0.6 is 11.6 Å². The summed E-state index contributed by atoms with van der Waals surface area (Å²) in [7, 11) is 1.41. The van der Waals surface area contributed by atoms with Crippen molar-refractivity contribution in [2.45, 2.75) is 32.5 Å². The molecule has 0 spiro atoms. The molecular weight excluding hydrogens is 282 g/mol. The summed E-state index contributed by atoms with van der Waals surface area (Å²) in [5.41, 5.74) is -0.280. The van der Waals surface area contributed by atoms with Crippen LogP contribution in [0.4, 0.5) is 0 Å². The van der Waals surface area contributed by atoms with E-state index >= 15 is 0 Å². The molecule has 6 nitrogen and oxygen atoms in total. The van der Waals surface area contributed by atoms with Gasteiger partial charge in [0.05, 0.1) is 32.7 Å². The molecule has 1 atom stereocenters. The number of halogens is 1. The highest BCUT2D eigenvalue weighted by atomic mass is 35.5. The highest BCUT2D eigenvalue weighted by Crippen LogP contribution is 2.16. The lowest BCUT2D eigenvalue weighted by Gasteiger charge is -2.35. The Morgan fingerprint density at radius 1 is 1.60 bits per heavy atom. The van der Waals surface area contributed by atoms with E-state index in [0.29, 0.717) is 19.2 Å². The number of morpholine rings is 1. The van der Waals surface area contributed by atoms with Crippen molar-refractivity contribution in [2.24, 2.45) is 0 Å². The van der Waals surface area contributed by atoms with Crippen molar-refractivity contribution in [1.29, 1.82) is 0 Å². The third-order valence-electron chi connectivity index (χ3n) is 3.46. The summed E-state index contributed by atoms with van der Waals surface area (Å²) in [4.78, 5) is 18.5. The van der Waals surface area contributed by atoms with Crippen LogP contribution in [0.1, 0.15) is 13.8 Å². The number of rotatable bonds is 4. The summed E-state index contributed by atoms with van der Waals surface area (Å²) in [6.45, 7) is 7.15. The monoisotopic (exact) mass is 301 g/mol. The van der Waals surface area contributed by atoms with Crippen LogP contribution in [0.15, 0.2) is 11.1 Å². The van der Waals surface area contributed by atoms with Gasteiger partial charge in [-0.15, -0.1) is 0 Å². The van der Waals surface area contributed by atoms with Crippen LogP contribution in [0.5, 0.6) is 5.75 Å². The summed E-state index contributed by atoms with van der Waals surface area (Å²) >= 11 is 5.82. The van der Waals surface area contributed by atoms with E-state index in [2.05, 4.69) is 23.7 Å². The normalized spacial score (nSPS) is 20.4. The number of hydrogen-bond acceptors (Lipinski definition) is 5. The number of methoxy groups -OCH3 is 1. The Morgan fingerprint density at radius 2 is 2.35 bits per heavy atom. The van der Waals surface area contributed by atoms with E-state index in [1.54, 1.807) is 0 Å². The van der Waals surface area contributed by atoms with Crippen molar-refractivity contribution in [3.8, 4) is 5.75 Å². The fourth-order valence-electron chi connectivity index (χ4n) is 2.29. The Hall–Kier alpha value is -1.11. The van der Waals surface area contributed by atoms with Crippen LogP contribution < -0.4 is 10.3 Å². The lowest BCUT2D eigenvalue weighted by Crippen LogP contribution is -2.47.